The van der Waals surface area contributed by atoms with E-state index in [9.17, 15) is 4.79 Å². The summed E-state index contributed by atoms with van der Waals surface area (Å²) in [5, 5.41) is 5.94. The molecule has 5 rings (SSSR count). The third kappa shape index (κ3) is 3.82. The largest absolute Gasteiger partial charge is 0.494 e. The van der Waals surface area contributed by atoms with E-state index in [4.69, 9.17) is 10.5 Å². The van der Waals surface area contributed by atoms with Crippen molar-refractivity contribution < 1.29 is 9.53 Å². The van der Waals surface area contributed by atoms with Crippen molar-refractivity contribution in [1.82, 2.24) is 19.5 Å². The molecule has 0 spiro atoms. The van der Waals surface area contributed by atoms with Crippen molar-refractivity contribution in [1.29, 1.82) is 0 Å². The number of amides is 1. The fraction of sp³-hybridized carbons (Fsp3) is 0.333. The molecular weight excluding hydrogens is 436 g/mol. The van der Waals surface area contributed by atoms with Crippen molar-refractivity contribution in [2.45, 2.75) is 45.4 Å². The molecule has 0 atom stereocenters. The molecule has 0 radical (unpaired) electrons. The number of carbonyl (C=O) groups is 1. The molecule has 3 N–H and O–H groups in total. The summed E-state index contributed by atoms with van der Waals surface area (Å²) in [6.45, 7) is 4.19. The molecule has 33 heavy (non-hydrogen) atoms. The number of fused-ring (bicyclic) bond motifs is 3. The summed E-state index contributed by atoms with van der Waals surface area (Å²) in [7, 11) is 1.60. The zero-order chi connectivity index (χ0) is 23.1. The zero-order valence-corrected chi connectivity index (χ0v) is 19.7. The van der Waals surface area contributed by atoms with Crippen LogP contribution >= 0.6 is 11.3 Å². The number of benzene rings is 1. The average Bonchev–Trinajstić information content (AvgIpc) is 3.51. The Morgan fingerprint density at radius 3 is 2.91 bits per heavy atom. The minimum atomic E-state index is -0.133. The highest BCUT2D eigenvalue weighted by molar-refractivity contribution is 7.09. The minimum Gasteiger partial charge on any atom is -0.494 e. The molecule has 0 fully saturated rings. The Morgan fingerprint density at radius 1 is 1.30 bits per heavy atom. The predicted molar refractivity (Wildman–Crippen MR) is 130 cm³/mol. The van der Waals surface area contributed by atoms with Crippen LogP contribution < -0.4 is 15.8 Å². The fourth-order valence-corrected chi connectivity index (χ4v) is 5.27. The summed E-state index contributed by atoms with van der Waals surface area (Å²) in [5.74, 6) is 1.25. The number of thiazole rings is 1. The summed E-state index contributed by atoms with van der Waals surface area (Å²) < 4.78 is 7.76. The van der Waals surface area contributed by atoms with Crippen molar-refractivity contribution in [3.05, 3.63) is 51.9 Å². The van der Waals surface area contributed by atoms with E-state index in [2.05, 4.69) is 38.7 Å². The lowest BCUT2D eigenvalue weighted by Crippen LogP contribution is -2.15. The maximum atomic E-state index is 12.7. The average molecular weight is 463 g/mol. The van der Waals surface area contributed by atoms with Gasteiger partial charge in [0.05, 0.1) is 35.4 Å². The number of ether oxygens (including phenoxy) is 1. The summed E-state index contributed by atoms with van der Waals surface area (Å²) in [5.41, 5.74) is 12.7. The lowest BCUT2D eigenvalue weighted by molar-refractivity contribution is -0.115. The van der Waals surface area contributed by atoms with Crippen LogP contribution in [0.1, 0.15) is 48.1 Å². The van der Waals surface area contributed by atoms with Crippen LogP contribution in [0.4, 0.5) is 11.5 Å². The van der Waals surface area contributed by atoms with Gasteiger partial charge in [0.2, 0.25) is 5.91 Å². The van der Waals surface area contributed by atoms with Crippen LogP contribution in [-0.4, -0.2) is 32.5 Å². The van der Waals surface area contributed by atoms with Crippen LogP contribution in [0.3, 0.4) is 0 Å². The highest BCUT2D eigenvalue weighted by Crippen LogP contribution is 2.38. The molecule has 3 heterocycles. The minimum absolute atomic E-state index is 0.133. The molecular formula is C24H26N6O2S. The molecule has 0 aliphatic heterocycles. The first kappa shape index (κ1) is 21.4. The normalized spacial score (nSPS) is 13.0. The molecule has 1 amide bonds. The molecule has 1 aliphatic rings. The number of aromatic nitrogens is 4. The number of hydrogen-bond acceptors (Lipinski definition) is 7. The topological polar surface area (TPSA) is 108 Å². The summed E-state index contributed by atoms with van der Waals surface area (Å²) in [6, 6.07) is 5.74. The molecule has 3 aromatic heterocycles. The van der Waals surface area contributed by atoms with Gasteiger partial charge in [-0.1, -0.05) is 13.8 Å². The second-order valence-electron chi connectivity index (χ2n) is 8.51. The molecule has 0 saturated heterocycles. The van der Waals surface area contributed by atoms with E-state index in [1.165, 1.54) is 17.6 Å². The van der Waals surface area contributed by atoms with Crippen molar-refractivity contribution in [3.63, 3.8) is 0 Å². The Labute approximate surface area is 195 Å². The number of nitrogens with zero attached hydrogens (tertiary/aromatic N) is 4. The van der Waals surface area contributed by atoms with Crippen LogP contribution in [0, 0.1) is 0 Å². The first-order valence-corrected chi connectivity index (χ1v) is 11.9. The SMILES string of the molecule is COc1cc(-n2c3c(c4ncnc(N)c42)CCC3)ccc1NC(=O)Cc1csc(C(C)C)n1. The van der Waals surface area contributed by atoms with Gasteiger partial charge in [-0.05, 0) is 37.0 Å². The first-order valence-electron chi connectivity index (χ1n) is 11.0. The third-order valence-electron chi connectivity index (χ3n) is 5.94. The molecule has 0 unspecified atom stereocenters. The number of rotatable bonds is 6. The van der Waals surface area contributed by atoms with Crippen LogP contribution in [0.15, 0.2) is 29.9 Å². The number of aryl methyl sites for hydroxylation is 1. The van der Waals surface area contributed by atoms with Crippen LogP contribution in [-0.2, 0) is 24.1 Å². The molecule has 8 nitrogen and oxygen atoms in total. The summed E-state index contributed by atoms with van der Waals surface area (Å²) >= 11 is 1.59. The van der Waals surface area contributed by atoms with Crippen LogP contribution in [0.2, 0.25) is 0 Å². The quantitative estimate of drug-likeness (QED) is 0.443. The Kier molecular flexibility index (Phi) is 5.49. The van der Waals surface area contributed by atoms with Gasteiger partial charge < -0.3 is 20.4 Å². The monoisotopic (exact) mass is 462 g/mol. The van der Waals surface area contributed by atoms with Crippen LogP contribution in [0.25, 0.3) is 16.7 Å². The van der Waals surface area contributed by atoms with E-state index in [0.717, 1.165) is 46.7 Å². The Hall–Kier alpha value is -3.46. The van der Waals surface area contributed by atoms with Crippen molar-refractivity contribution in [3.8, 4) is 11.4 Å². The smallest absolute Gasteiger partial charge is 0.230 e. The van der Waals surface area contributed by atoms with E-state index in [1.54, 1.807) is 18.4 Å². The van der Waals surface area contributed by atoms with E-state index in [1.807, 2.05) is 23.6 Å². The van der Waals surface area contributed by atoms with Gasteiger partial charge in [-0.2, -0.15) is 0 Å². The summed E-state index contributed by atoms with van der Waals surface area (Å²) in [6.07, 6.45) is 4.77. The molecule has 1 aromatic carbocycles. The number of carbonyl (C=O) groups excluding carboxylic acids is 1. The third-order valence-corrected chi connectivity index (χ3v) is 7.14. The standard InChI is InChI=1S/C24H26N6O2S/c1-13(2)24-28-14(11-33-24)9-20(31)29-17-8-7-15(10-19(17)32-3)30-18-6-4-5-16(18)21-22(30)23(25)27-12-26-21/h7-8,10-13H,4-6,9H2,1-3H3,(H,29,31)(H2,25,26,27). The number of nitrogen functional groups attached to an aromatic ring is 1. The zero-order valence-electron chi connectivity index (χ0n) is 18.9. The van der Waals surface area contributed by atoms with Gasteiger partial charge in [0.25, 0.3) is 0 Å². The van der Waals surface area contributed by atoms with E-state index < -0.39 is 0 Å². The first-order chi connectivity index (χ1) is 16.0. The van der Waals surface area contributed by atoms with Gasteiger partial charge in [0.1, 0.15) is 17.6 Å². The predicted octanol–water partition coefficient (Wildman–Crippen LogP) is 4.26. The number of anilines is 2. The Bertz CT molecular complexity index is 1360. The van der Waals surface area contributed by atoms with Gasteiger partial charge in [-0.3, -0.25) is 4.79 Å². The van der Waals surface area contributed by atoms with E-state index >= 15 is 0 Å². The van der Waals surface area contributed by atoms with Crippen molar-refractivity contribution >= 4 is 39.8 Å². The Balaban J connectivity index is 1.45. The van der Waals surface area contributed by atoms with Gasteiger partial charge in [-0.25, -0.2) is 15.0 Å². The summed E-state index contributed by atoms with van der Waals surface area (Å²) in [4.78, 5) is 25.9. The van der Waals surface area contributed by atoms with Crippen LogP contribution in [0.5, 0.6) is 5.75 Å². The van der Waals surface area contributed by atoms with E-state index in [-0.39, 0.29) is 12.3 Å². The molecule has 170 valence electrons. The van der Waals surface area contributed by atoms with Gasteiger partial charge >= 0.3 is 0 Å². The highest BCUT2D eigenvalue weighted by Gasteiger charge is 2.25. The van der Waals surface area contributed by atoms with E-state index in [0.29, 0.717) is 23.2 Å². The van der Waals surface area contributed by atoms with Crippen molar-refractivity contribution in [2.24, 2.45) is 0 Å². The van der Waals surface area contributed by atoms with Gasteiger partial charge in [0, 0.05) is 28.7 Å². The highest BCUT2D eigenvalue weighted by atomic mass is 32.1. The number of methoxy groups -OCH3 is 1. The molecule has 1 aliphatic carbocycles. The van der Waals surface area contributed by atoms with Gasteiger partial charge in [-0.15, -0.1) is 11.3 Å². The molecule has 0 bridgehead atoms. The number of hydrogen-bond donors (Lipinski definition) is 2. The fourth-order valence-electron chi connectivity index (χ4n) is 4.43. The second-order valence-corrected chi connectivity index (χ2v) is 9.40. The lowest BCUT2D eigenvalue weighted by Gasteiger charge is -2.15. The lowest BCUT2D eigenvalue weighted by atomic mass is 10.2. The Morgan fingerprint density at radius 2 is 2.15 bits per heavy atom. The molecule has 9 heteroatoms. The molecule has 4 aromatic rings. The second kappa shape index (κ2) is 8.47. The van der Waals surface area contributed by atoms with Crippen molar-refractivity contribution in [2.75, 3.05) is 18.2 Å². The molecule has 0 saturated carbocycles. The maximum absolute atomic E-state index is 12.7. The number of nitrogens with two attached hydrogens (primary N) is 1. The van der Waals surface area contributed by atoms with Gasteiger partial charge in [0.15, 0.2) is 5.82 Å². The maximum Gasteiger partial charge on any atom is 0.230 e. The number of nitrogens with one attached hydrogen (secondary N) is 1.